The molecule has 0 aliphatic heterocycles. The molecular weight excluding hydrogens is 1090 g/mol. The predicted molar refractivity (Wildman–Crippen MR) is 277 cm³/mol. The van der Waals surface area contributed by atoms with E-state index in [1.807, 2.05) is 0 Å². The van der Waals surface area contributed by atoms with Gasteiger partial charge in [0.05, 0.1) is 0 Å². The van der Waals surface area contributed by atoms with Crippen LogP contribution in [0, 0.1) is 4.91 Å². The Morgan fingerprint density at radius 2 is 0.385 bits per heavy atom. The normalized spacial score (nSPS) is 10.9. The third kappa shape index (κ3) is 19.0. The van der Waals surface area contributed by atoms with Gasteiger partial charge in [-0.25, -0.2) is 0 Å². The quantitative estimate of drug-likeness (QED) is 0.0683. The molecule has 0 bridgehead atoms. The molecule has 0 radical (unpaired) electrons. The summed E-state index contributed by atoms with van der Waals surface area (Å²) in [5.41, 5.74) is 5.75. The molecule has 8 rings (SSSR count). The van der Waals surface area contributed by atoms with Crippen molar-refractivity contribution in [2.75, 3.05) is 0 Å². The topological polar surface area (TPSA) is 39.4 Å². The Morgan fingerprint density at radius 3 is 0.477 bits per heavy atom. The van der Waals surface area contributed by atoms with Gasteiger partial charge in [0.2, 0.25) is 0 Å². The molecule has 0 atom stereocenters. The zero-order valence-electron chi connectivity index (χ0n) is 34.9. The van der Waals surface area contributed by atoms with Crippen LogP contribution < -0.4 is 42.4 Å². The van der Waals surface area contributed by atoms with Gasteiger partial charge in [-0.1, -0.05) is 266 Å². The summed E-state index contributed by atoms with van der Waals surface area (Å²) in [7, 11) is -3.42. The van der Waals surface area contributed by atoms with Crippen molar-refractivity contribution in [3.05, 3.63) is 276 Å². The van der Waals surface area contributed by atoms with Crippen LogP contribution in [0.5, 0.6) is 0 Å². The van der Waals surface area contributed by atoms with Gasteiger partial charge in [0.15, 0.2) is 0 Å². The van der Waals surface area contributed by atoms with E-state index in [1.54, 1.807) is 0 Å². The van der Waals surface area contributed by atoms with Gasteiger partial charge in [0.1, 0.15) is 0 Å². The summed E-state index contributed by atoms with van der Waals surface area (Å²) in [6.45, 7) is 0. The van der Waals surface area contributed by atoms with E-state index in [9.17, 15) is 17.3 Å². The molecule has 0 fully saturated rings. The molecule has 330 valence electrons. The smallest absolute Gasteiger partial charge is 0.423 e. The van der Waals surface area contributed by atoms with Crippen LogP contribution in [0.25, 0.3) is 5.59 Å². The van der Waals surface area contributed by atoms with Crippen molar-refractivity contribution in [2.24, 2.45) is 0 Å². The van der Waals surface area contributed by atoms with Gasteiger partial charge in [-0.05, 0) is 74.1 Å². The van der Waals surface area contributed by atoms with Gasteiger partial charge < -0.3 is 27.8 Å². The number of rotatable bonds is 12. The van der Waals surface area contributed by atoms with Gasteiger partial charge >= 0.3 is 35.0 Å². The molecule has 8 aromatic rings. The van der Waals surface area contributed by atoms with E-state index >= 15 is 0 Å². The maximum atomic E-state index is 9.75. The van der Waals surface area contributed by atoms with Crippen LogP contribution in [-0.4, -0.2) is 7.25 Å². The van der Waals surface area contributed by atoms with Crippen molar-refractivity contribution < 1.29 is 35.4 Å². The predicted octanol–water partition coefficient (Wildman–Crippen LogP) is 13.8. The SMILES string of the molecule is C(=C/P(c1ccccc1)c1ccccc1)/P(c1ccccc1)c1ccccc1.C(=C/P(c1ccccc1)c1ccccc1)/P(c1ccccc1)c1ccccc1.F[B-](F)(F)F.[Cl][Re].[N-]=O. The van der Waals surface area contributed by atoms with Crippen molar-refractivity contribution in [1.29, 1.82) is 0 Å². The molecule has 0 spiro atoms. The summed E-state index contributed by atoms with van der Waals surface area (Å²) < 4.78 is 39.0. The first kappa shape index (κ1) is 52.9. The number of halogens is 5. The molecule has 2 nitrogen and oxygen atoms in total. The fourth-order valence-corrected chi connectivity index (χ4v) is 14.9. The Balaban J connectivity index is 0.000000241. The zero-order chi connectivity index (χ0) is 46.5. The van der Waals surface area contributed by atoms with Crippen LogP contribution in [-0.2, 0) is 18.2 Å². The molecule has 0 saturated heterocycles. The number of benzene rings is 8. The molecule has 0 aliphatic carbocycles. The van der Waals surface area contributed by atoms with E-state index < -0.39 is 38.9 Å². The molecule has 0 unspecified atom stereocenters. The van der Waals surface area contributed by atoms with Crippen molar-refractivity contribution >= 4 is 90.9 Å². The van der Waals surface area contributed by atoms with Gasteiger partial charge in [-0.15, -0.1) is 0 Å². The molecule has 0 aromatic heterocycles. The first-order valence-electron chi connectivity index (χ1n) is 20.0. The molecule has 65 heavy (non-hydrogen) atoms. The third-order valence-corrected chi connectivity index (χ3v) is 18.1. The Labute approximate surface area is 400 Å². The molecule has 13 heteroatoms. The number of hydrogen-bond acceptors (Lipinski definition) is 1. The van der Waals surface area contributed by atoms with Crippen LogP contribution in [0.3, 0.4) is 0 Å². The van der Waals surface area contributed by atoms with Crippen LogP contribution in [0.15, 0.2) is 266 Å². The monoisotopic (exact) mass is 1130 g/mol. The molecule has 8 aromatic carbocycles. The fraction of sp³-hybridized carbons (Fsp3) is 0. The molecule has 0 aliphatic rings. The molecule has 0 saturated carbocycles. The first-order valence-corrected chi connectivity index (χ1v) is 29.0. The standard InChI is InChI=1S/2C26H22P2.BF4.ClH.NO.Re/c2*1-5-13-23(14-6-1)27(24-15-7-2-8-16-24)21-22-28(25-17-9-3-10-18-25)26-19-11-4-12-20-26;2-1(3,4)5;;1-2;/h2*1-22H;;1H;;/q;;-1;;-1;+1/p-1/b2*22-21-;;;;. The maximum absolute atomic E-state index is 9.75. The van der Waals surface area contributed by atoms with Crippen LogP contribution in [0.4, 0.5) is 17.3 Å². The second-order valence-electron chi connectivity index (χ2n) is 13.3. The van der Waals surface area contributed by atoms with E-state index in [2.05, 4.69) is 266 Å². The van der Waals surface area contributed by atoms with E-state index in [-0.39, 0.29) is 0 Å². The molecule has 0 amide bonds. The third-order valence-electron chi connectivity index (χ3n) is 9.00. The Bertz CT molecular complexity index is 2010. The Hall–Kier alpha value is -4.70. The first-order chi connectivity index (χ1) is 31.8. The number of nitroso groups, excluding NO2 is 1. The van der Waals surface area contributed by atoms with Crippen molar-refractivity contribution in [2.45, 2.75) is 0 Å². The number of hydrogen-bond donors (Lipinski definition) is 0. The van der Waals surface area contributed by atoms with Crippen LogP contribution in [0.2, 0.25) is 0 Å². The maximum Gasteiger partial charge on any atom is -0.423 e. The molecule has 0 N–H and O–H groups in total. The second-order valence-corrected chi connectivity index (χ2v) is 21.5. The van der Waals surface area contributed by atoms with Gasteiger partial charge in [-0.2, -0.15) is 0 Å². The summed E-state index contributed by atoms with van der Waals surface area (Å²) in [5, 5.41) is 11.1. The van der Waals surface area contributed by atoms with Gasteiger partial charge in [-0.3, -0.25) is 0 Å². The summed E-state index contributed by atoms with van der Waals surface area (Å²) in [4.78, 5) is 7.25. The average molecular weight is 1130 g/mol. The zero-order valence-corrected chi connectivity index (χ0v) is 41.9. The largest absolute Gasteiger partial charge is 0.577 e. The van der Waals surface area contributed by atoms with E-state index in [1.165, 1.54) is 60.6 Å². The average Bonchev–Trinajstić information content (AvgIpc) is 3.37. The minimum Gasteiger partial charge on any atom is -0.577 e. The summed E-state index contributed by atoms with van der Waals surface area (Å²) in [6.07, 6.45) is 0. The van der Waals surface area contributed by atoms with Gasteiger partial charge in [0.25, 0.3) is 0 Å². The number of nitrogens with zero attached hydrogens (tertiary/aromatic N) is 1. The molecular formula is C52H44BClF4NOP4Re-2. The van der Waals surface area contributed by atoms with Crippen LogP contribution >= 0.6 is 41.2 Å². The van der Waals surface area contributed by atoms with Crippen LogP contribution in [0.1, 0.15) is 0 Å². The van der Waals surface area contributed by atoms with E-state index in [0.717, 1.165) is 0 Å². The Kier molecular flexibility index (Phi) is 24.8. The summed E-state index contributed by atoms with van der Waals surface area (Å²) >= 11 is 1.19. The summed E-state index contributed by atoms with van der Waals surface area (Å²) in [6, 6.07) is 86.9. The van der Waals surface area contributed by atoms with Crippen molar-refractivity contribution in [1.82, 2.24) is 0 Å². The van der Waals surface area contributed by atoms with Crippen molar-refractivity contribution in [3.8, 4) is 0 Å². The van der Waals surface area contributed by atoms with E-state index in [0.29, 0.717) is 0 Å². The Morgan fingerprint density at radius 1 is 0.292 bits per heavy atom. The van der Waals surface area contributed by atoms with Gasteiger partial charge in [0, 0.05) is 0 Å². The molecule has 0 heterocycles. The fourth-order valence-electron chi connectivity index (χ4n) is 6.26. The van der Waals surface area contributed by atoms with Crippen molar-refractivity contribution in [3.63, 3.8) is 0 Å². The minimum atomic E-state index is -6.00. The second kappa shape index (κ2) is 30.5. The van der Waals surface area contributed by atoms with E-state index in [4.69, 9.17) is 20.0 Å². The summed E-state index contributed by atoms with van der Waals surface area (Å²) in [5.74, 6) is 9.80. The minimum absolute atomic E-state index is 0.528.